The molecule has 1 N–H and O–H groups in total. The number of hydrogen-bond donors (Lipinski definition) is 1. The van der Waals surface area contributed by atoms with Crippen molar-refractivity contribution in [2.45, 2.75) is 64.7 Å². The third-order valence-electron chi connectivity index (χ3n) is 9.76. The molecule has 7 rings (SSSR count). The highest BCUT2D eigenvalue weighted by Gasteiger charge is 2.42. The summed E-state index contributed by atoms with van der Waals surface area (Å²) in [6.45, 7) is 12.8. The van der Waals surface area contributed by atoms with Crippen molar-refractivity contribution in [1.82, 2.24) is 0 Å². The van der Waals surface area contributed by atoms with Gasteiger partial charge in [0.25, 0.3) is 5.91 Å². The van der Waals surface area contributed by atoms with Crippen molar-refractivity contribution in [3.05, 3.63) is 86.6 Å². The van der Waals surface area contributed by atoms with Gasteiger partial charge in [0.15, 0.2) is 0 Å². The van der Waals surface area contributed by atoms with Crippen molar-refractivity contribution in [3.8, 4) is 10.4 Å². The minimum Gasteiger partial charge on any atom is -0.481 e. The predicted molar refractivity (Wildman–Crippen MR) is 184 cm³/mol. The Balaban J connectivity index is 1.31. The lowest BCUT2D eigenvalue weighted by molar-refractivity contribution is -0.137. The summed E-state index contributed by atoms with van der Waals surface area (Å²) >= 11 is 1.39. The summed E-state index contributed by atoms with van der Waals surface area (Å²) in [7, 11) is 0. The summed E-state index contributed by atoms with van der Waals surface area (Å²) in [5, 5.41) is 16.3. The average molecular weight is 636 g/mol. The Bertz CT molecular complexity index is 2030. The maximum atomic E-state index is 13.6. The van der Waals surface area contributed by atoms with E-state index in [4.69, 9.17) is 4.42 Å². The number of hydrogen-bond acceptors (Lipinski definition) is 7. The largest absolute Gasteiger partial charge is 0.481 e. The first-order valence-corrected chi connectivity index (χ1v) is 16.6. The Morgan fingerprint density at radius 2 is 1.76 bits per heavy atom. The lowest BCUT2D eigenvalue weighted by Crippen LogP contribution is -2.44. The number of benzene rings is 2. The molecule has 2 aromatic heterocycles. The summed E-state index contributed by atoms with van der Waals surface area (Å²) in [5.41, 5.74) is 5.66. The number of para-hydroxylation sites is 1. The van der Waals surface area contributed by atoms with Gasteiger partial charge in [0, 0.05) is 45.4 Å². The van der Waals surface area contributed by atoms with Gasteiger partial charge >= 0.3 is 11.6 Å². The monoisotopic (exact) mass is 635 g/mol. The number of hydrazone groups is 1. The molecular formula is C37H37N3O5S. The fourth-order valence-corrected chi connectivity index (χ4v) is 8.03. The lowest BCUT2D eigenvalue weighted by Gasteiger charge is -2.48. The van der Waals surface area contributed by atoms with Gasteiger partial charge in [-0.3, -0.25) is 9.59 Å². The van der Waals surface area contributed by atoms with E-state index >= 15 is 0 Å². The third-order valence-corrected chi connectivity index (χ3v) is 10.8. The minimum absolute atomic E-state index is 0.000728. The number of anilines is 2. The quantitative estimate of drug-likeness (QED) is 0.173. The van der Waals surface area contributed by atoms with Gasteiger partial charge in [-0.2, -0.15) is 10.1 Å². The molecular weight excluding hydrogens is 598 g/mol. The van der Waals surface area contributed by atoms with Crippen LogP contribution in [0.15, 0.2) is 74.5 Å². The number of nitrogens with zero attached hydrogens (tertiary/aromatic N) is 3. The van der Waals surface area contributed by atoms with Crippen molar-refractivity contribution >= 4 is 57.3 Å². The molecule has 236 valence electrons. The normalized spacial score (nSPS) is 19.8. The van der Waals surface area contributed by atoms with Gasteiger partial charge in [0.2, 0.25) is 0 Å². The Labute approximate surface area is 271 Å². The number of carboxylic acid groups (broad SMARTS) is 1. The number of fused-ring (bicyclic) bond motifs is 2. The highest BCUT2D eigenvalue weighted by atomic mass is 32.1. The zero-order valence-corrected chi connectivity index (χ0v) is 27.5. The van der Waals surface area contributed by atoms with E-state index in [1.54, 1.807) is 25.1 Å². The van der Waals surface area contributed by atoms with Crippen molar-refractivity contribution in [2.75, 3.05) is 23.0 Å². The molecule has 0 saturated carbocycles. The van der Waals surface area contributed by atoms with E-state index < -0.39 is 17.5 Å². The first kappa shape index (κ1) is 30.2. The van der Waals surface area contributed by atoms with Gasteiger partial charge in [-0.05, 0) is 71.7 Å². The molecule has 0 aliphatic carbocycles. The van der Waals surface area contributed by atoms with Gasteiger partial charge < -0.3 is 14.4 Å². The number of amides is 1. The maximum Gasteiger partial charge on any atom is 0.345 e. The fraction of sp³-hybridized carbons (Fsp3) is 0.351. The van der Waals surface area contributed by atoms with Crippen LogP contribution >= 0.6 is 11.3 Å². The van der Waals surface area contributed by atoms with E-state index in [1.807, 2.05) is 36.4 Å². The zero-order chi connectivity index (χ0) is 32.5. The molecule has 0 radical (unpaired) electrons. The molecule has 4 aromatic rings. The van der Waals surface area contributed by atoms with Gasteiger partial charge in [0.1, 0.15) is 5.58 Å². The molecule has 1 unspecified atom stereocenters. The van der Waals surface area contributed by atoms with Gasteiger partial charge in [-0.15, -0.1) is 11.3 Å². The highest BCUT2D eigenvalue weighted by Crippen LogP contribution is 2.52. The number of thiophene rings is 1. The van der Waals surface area contributed by atoms with E-state index in [9.17, 15) is 19.5 Å². The fourth-order valence-electron chi connectivity index (χ4n) is 7.07. The Morgan fingerprint density at radius 1 is 1.04 bits per heavy atom. The second-order valence-electron chi connectivity index (χ2n) is 14.0. The standard InChI is InChI=1S/C37H37N3O5S/c1-21(17-29(41)42)31-26(34(43)40(38-31)23-9-7-6-8-10-23)20-24-11-12-28(46-24)25-18-22-19-27-32-30(33(22)45-35(25)44)37(4,5)14-16-39(32)15-13-36(27,2)3/h6-12,18-21H,13-17H2,1-5H3,(H,41,42)/b26-20-. The van der Waals surface area contributed by atoms with Crippen LogP contribution in [-0.2, 0) is 20.4 Å². The second kappa shape index (κ2) is 10.8. The molecule has 0 bridgehead atoms. The van der Waals surface area contributed by atoms with E-state index in [1.165, 1.54) is 27.6 Å². The molecule has 0 spiro atoms. The van der Waals surface area contributed by atoms with Gasteiger partial charge in [-0.25, -0.2) is 4.79 Å². The molecule has 5 heterocycles. The van der Waals surface area contributed by atoms with Crippen LogP contribution in [-0.4, -0.2) is 35.8 Å². The van der Waals surface area contributed by atoms with Crippen LogP contribution in [0, 0.1) is 5.92 Å². The molecule has 1 atom stereocenters. The average Bonchev–Trinajstić information content (AvgIpc) is 3.60. The first-order chi connectivity index (χ1) is 21.8. The van der Waals surface area contributed by atoms with Crippen molar-refractivity contribution in [1.29, 1.82) is 0 Å². The third kappa shape index (κ3) is 4.97. The molecule has 46 heavy (non-hydrogen) atoms. The Kier molecular flexibility index (Phi) is 7.08. The number of carboxylic acids is 1. The Morgan fingerprint density at radius 3 is 2.48 bits per heavy atom. The number of rotatable bonds is 6. The van der Waals surface area contributed by atoms with Gasteiger partial charge in [-0.1, -0.05) is 52.8 Å². The van der Waals surface area contributed by atoms with Crippen LogP contribution in [0.1, 0.15) is 69.9 Å². The van der Waals surface area contributed by atoms with Crippen molar-refractivity contribution in [2.24, 2.45) is 11.0 Å². The molecule has 9 heteroatoms. The number of carbonyl (C=O) groups excluding carboxylic acids is 1. The summed E-state index contributed by atoms with van der Waals surface area (Å²) in [6, 6.07) is 17.0. The van der Waals surface area contributed by atoms with Crippen LogP contribution in [0.3, 0.4) is 0 Å². The van der Waals surface area contributed by atoms with Crippen LogP contribution in [0.25, 0.3) is 27.5 Å². The van der Waals surface area contributed by atoms with Crippen molar-refractivity contribution < 1.29 is 19.1 Å². The first-order valence-electron chi connectivity index (χ1n) is 15.8. The summed E-state index contributed by atoms with van der Waals surface area (Å²) in [4.78, 5) is 42.8. The smallest absolute Gasteiger partial charge is 0.345 e. The van der Waals surface area contributed by atoms with Crippen LogP contribution in [0.2, 0.25) is 0 Å². The topological polar surface area (TPSA) is 103 Å². The van der Waals surface area contributed by atoms with Crippen molar-refractivity contribution in [3.63, 3.8) is 0 Å². The SMILES string of the molecule is CC(CC(=O)O)C1=NN(c2ccccc2)C(=O)/C1=C\c1ccc(-c2cc3cc4c5c(c3oc2=O)C(C)(C)CCN5CCC4(C)C)s1. The molecule has 2 aromatic carbocycles. The zero-order valence-electron chi connectivity index (χ0n) is 26.7. The minimum atomic E-state index is -0.962. The Hall–Kier alpha value is -4.50. The van der Waals surface area contributed by atoms with Crippen LogP contribution < -0.4 is 15.5 Å². The summed E-state index contributed by atoms with van der Waals surface area (Å²) < 4.78 is 6.20. The lowest BCUT2D eigenvalue weighted by atomic mass is 9.69. The number of aliphatic carboxylic acids is 1. The number of carbonyl (C=O) groups is 2. The molecule has 0 saturated heterocycles. The van der Waals surface area contributed by atoms with Crippen LogP contribution in [0.5, 0.6) is 0 Å². The molecule has 1 amide bonds. The molecule has 3 aliphatic rings. The molecule has 8 nitrogen and oxygen atoms in total. The summed E-state index contributed by atoms with van der Waals surface area (Å²) in [6.07, 6.45) is 3.65. The van der Waals surface area contributed by atoms with E-state index in [2.05, 4.69) is 43.8 Å². The molecule has 3 aliphatic heterocycles. The van der Waals surface area contributed by atoms with E-state index in [0.717, 1.165) is 46.6 Å². The van der Waals surface area contributed by atoms with E-state index in [-0.39, 0.29) is 23.2 Å². The second-order valence-corrected chi connectivity index (χ2v) is 15.1. The van der Waals surface area contributed by atoms with Gasteiger partial charge in [0.05, 0.1) is 29.0 Å². The highest BCUT2D eigenvalue weighted by molar-refractivity contribution is 7.16. The summed E-state index contributed by atoms with van der Waals surface area (Å²) in [5.74, 6) is -1.77. The van der Waals surface area contributed by atoms with Crippen LogP contribution in [0.4, 0.5) is 11.4 Å². The molecule has 0 fully saturated rings. The van der Waals surface area contributed by atoms with E-state index in [0.29, 0.717) is 28.1 Å². The predicted octanol–water partition coefficient (Wildman–Crippen LogP) is 7.59. The maximum absolute atomic E-state index is 13.6.